The van der Waals surface area contributed by atoms with Crippen LogP contribution in [0.1, 0.15) is 38.8 Å². The van der Waals surface area contributed by atoms with Crippen LogP contribution in [0.5, 0.6) is 0 Å². The molecule has 0 saturated heterocycles. The Hall–Kier alpha value is -3.42. The summed E-state index contributed by atoms with van der Waals surface area (Å²) in [6.07, 6.45) is 6.03. The molecule has 0 amide bonds. The molecule has 0 aliphatic heterocycles. The van der Waals surface area contributed by atoms with Crippen LogP contribution in [0.3, 0.4) is 0 Å². The normalized spacial score (nSPS) is 11.2. The summed E-state index contributed by atoms with van der Waals surface area (Å²) >= 11 is 0. The van der Waals surface area contributed by atoms with Crippen molar-refractivity contribution in [2.45, 2.75) is 27.7 Å². The van der Waals surface area contributed by atoms with Gasteiger partial charge in [0, 0.05) is 0 Å². The second-order valence-electron chi connectivity index (χ2n) is 6.35. The number of hydrogen-bond donors (Lipinski definition) is 0. The summed E-state index contributed by atoms with van der Waals surface area (Å²) in [5, 5.41) is 0. The van der Waals surface area contributed by atoms with E-state index < -0.39 is 35.7 Å². The molecule has 0 radical (unpaired) electrons. The molecule has 1 aromatic rings. The van der Waals surface area contributed by atoms with Crippen LogP contribution in [-0.2, 0) is 38.1 Å². The maximum atomic E-state index is 12.1. The van der Waals surface area contributed by atoms with E-state index in [2.05, 4.69) is 0 Å². The first kappa shape index (κ1) is 26.6. The van der Waals surface area contributed by atoms with Crippen LogP contribution in [0.4, 0.5) is 0 Å². The monoisotopic (exact) mass is 446 g/mol. The third kappa shape index (κ3) is 8.75. The predicted octanol–water partition coefficient (Wildman–Crippen LogP) is 3.20. The molecule has 0 N–H and O–H groups in total. The quantitative estimate of drug-likeness (QED) is 0.274. The van der Waals surface area contributed by atoms with Gasteiger partial charge < -0.3 is 18.9 Å². The third-order valence-corrected chi connectivity index (χ3v) is 4.04. The van der Waals surface area contributed by atoms with Crippen molar-refractivity contribution in [3.05, 3.63) is 47.5 Å². The molecule has 174 valence electrons. The van der Waals surface area contributed by atoms with Gasteiger partial charge in [-0.05, 0) is 44.9 Å². The van der Waals surface area contributed by atoms with E-state index in [0.717, 1.165) is 0 Å². The van der Waals surface area contributed by atoms with Crippen LogP contribution in [0, 0.1) is 11.8 Å². The minimum atomic E-state index is -1.17. The Morgan fingerprint density at radius 3 is 1.25 bits per heavy atom. The lowest BCUT2D eigenvalue weighted by molar-refractivity contribution is -0.160. The molecule has 8 nitrogen and oxygen atoms in total. The number of benzene rings is 1. The number of rotatable bonds is 12. The van der Waals surface area contributed by atoms with Crippen molar-refractivity contribution in [2.75, 3.05) is 26.4 Å². The number of carbonyl (C=O) groups excluding carboxylic acids is 4. The Balaban J connectivity index is 3.07. The van der Waals surface area contributed by atoms with Crippen molar-refractivity contribution < 1.29 is 38.1 Å². The van der Waals surface area contributed by atoms with Gasteiger partial charge in [0.25, 0.3) is 0 Å². The van der Waals surface area contributed by atoms with Gasteiger partial charge in [0.1, 0.15) is 0 Å². The van der Waals surface area contributed by atoms with Gasteiger partial charge in [0.15, 0.2) is 11.8 Å². The zero-order valence-electron chi connectivity index (χ0n) is 18.9. The molecule has 0 bridgehead atoms. The van der Waals surface area contributed by atoms with E-state index in [-0.39, 0.29) is 26.4 Å². The molecule has 0 saturated carbocycles. The highest BCUT2D eigenvalue weighted by Crippen LogP contribution is 2.15. The predicted molar refractivity (Wildman–Crippen MR) is 118 cm³/mol. The van der Waals surface area contributed by atoms with Gasteiger partial charge in [0.05, 0.1) is 26.4 Å². The molecule has 0 spiro atoms. The lowest BCUT2D eigenvalue weighted by Crippen LogP contribution is -2.26. The Labute approximate surface area is 188 Å². The van der Waals surface area contributed by atoms with Crippen LogP contribution in [0.2, 0.25) is 0 Å². The number of carbonyl (C=O) groups is 4. The van der Waals surface area contributed by atoms with E-state index in [1.165, 1.54) is 12.2 Å². The minimum Gasteiger partial charge on any atom is -0.465 e. The van der Waals surface area contributed by atoms with Crippen LogP contribution in [0.15, 0.2) is 36.4 Å². The maximum Gasteiger partial charge on any atom is 0.324 e. The van der Waals surface area contributed by atoms with E-state index in [4.69, 9.17) is 18.9 Å². The van der Waals surface area contributed by atoms with Crippen LogP contribution < -0.4 is 0 Å². The number of hydrogen-bond acceptors (Lipinski definition) is 8. The van der Waals surface area contributed by atoms with E-state index in [0.29, 0.717) is 11.1 Å². The molecule has 0 unspecified atom stereocenters. The van der Waals surface area contributed by atoms with Gasteiger partial charge in [-0.25, -0.2) is 0 Å². The molecule has 32 heavy (non-hydrogen) atoms. The summed E-state index contributed by atoms with van der Waals surface area (Å²) in [5.74, 6) is -5.11. The fourth-order valence-electron chi connectivity index (χ4n) is 2.62. The summed E-state index contributed by atoms with van der Waals surface area (Å²) in [5.41, 5.74) is 1.38. The fraction of sp³-hybridized carbons (Fsp3) is 0.417. The molecular formula is C24H30O8. The van der Waals surface area contributed by atoms with E-state index in [9.17, 15) is 19.2 Å². The molecule has 0 heterocycles. The first-order valence-electron chi connectivity index (χ1n) is 10.5. The Bertz CT molecular complexity index is 739. The molecule has 0 atom stereocenters. The molecule has 0 aliphatic rings. The SMILES string of the molecule is CCOC(=O)C(/C=C/c1cccc(/C=C/C(C(=O)OCC)C(=O)OCC)c1)C(=O)OCC. The maximum absolute atomic E-state index is 12.1. The lowest BCUT2D eigenvalue weighted by atomic mass is 10.0. The zero-order valence-corrected chi connectivity index (χ0v) is 18.9. The zero-order chi connectivity index (χ0) is 23.9. The van der Waals surface area contributed by atoms with E-state index >= 15 is 0 Å². The fourth-order valence-corrected chi connectivity index (χ4v) is 2.62. The lowest BCUT2D eigenvalue weighted by Gasteiger charge is -2.11. The smallest absolute Gasteiger partial charge is 0.324 e. The largest absolute Gasteiger partial charge is 0.465 e. The van der Waals surface area contributed by atoms with Gasteiger partial charge in [-0.15, -0.1) is 0 Å². The van der Waals surface area contributed by atoms with Crippen molar-refractivity contribution in [1.29, 1.82) is 0 Å². The molecule has 8 heteroatoms. The van der Waals surface area contributed by atoms with Crippen molar-refractivity contribution in [3.8, 4) is 0 Å². The first-order chi connectivity index (χ1) is 15.4. The first-order valence-corrected chi connectivity index (χ1v) is 10.5. The molecule has 1 rings (SSSR count). The second kappa shape index (κ2) is 14.6. The third-order valence-electron chi connectivity index (χ3n) is 4.04. The van der Waals surface area contributed by atoms with Crippen molar-refractivity contribution in [3.63, 3.8) is 0 Å². The number of esters is 4. The number of ether oxygens (including phenoxy) is 4. The molecule has 0 aromatic heterocycles. The van der Waals surface area contributed by atoms with Gasteiger partial charge in [-0.3, -0.25) is 19.2 Å². The Kier molecular flexibility index (Phi) is 12.1. The molecule has 1 aromatic carbocycles. The van der Waals surface area contributed by atoms with Gasteiger partial charge in [-0.2, -0.15) is 0 Å². The highest BCUT2D eigenvalue weighted by Gasteiger charge is 2.27. The van der Waals surface area contributed by atoms with Crippen LogP contribution >= 0.6 is 0 Å². The molecule has 0 aliphatic carbocycles. The van der Waals surface area contributed by atoms with Crippen LogP contribution in [-0.4, -0.2) is 50.3 Å². The van der Waals surface area contributed by atoms with Crippen molar-refractivity contribution in [1.82, 2.24) is 0 Å². The van der Waals surface area contributed by atoms with Gasteiger partial charge in [-0.1, -0.05) is 42.5 Å². The van der Waals surface area contributed by atoms with Crippen molar-refractivity contribution in [2.24, 2.45) is 11.8 Å². The summed E-state index contributed by atoms with van der Waals surface area (Å²) in [6, 6.07) is 7.06. The average Bonchev–Trinajstić information content (AvgIpc) is 2.75. The Morgan fingerprint density at radius 2 is 0.969 bits per heavy atom. The topological polar surface area (TPSA) is 105 Å². The van der Waals surface area contributed by atoms with Crippen molar-refractivity contribution >= 4 is 36.0 Å². The average molecular weight is 446 g/mol. The van der Waals surface area contributed by atoms with E-state index in [1.807, 2.05) is 0 Å². The summed E-state index contributed by atoms with van der Waals surface area (Å²) in [7, 11) is 0. The van der Waals surface area contributed by atoms with Gasteiger partial charge >= 0.3 is 23.9 Å². The molecular weight excluding hydrogens is 416 g/mol. The highest BCUT2D eigenvalue weighted by atomic mass is 16.6. The van der Waals surface area contributed by atoms with Crippen LogP contribution in [0.25, 0.3) is 12.2 Å². The minimum absolute atomic E-state index is 0.144. The Morgan fingerprint density at radius 1 is 0.656 bits per heavy atom. The summed E-state index contributed by atoms with van der Waals surface area (Å²) in [6.45, 7) is 7.18. The second-order valence-corrected chi connectivity index (χ2v) is 6.35. The van der Waals surface area contributed by atoms with Gasteiger partial charge in [0.2, 0.25) is 0 Å². The summed E-state index contributed by atoms with van der Waals surface area (Å²) < 4.78 is 19.8. The highest BCUT2D eigenvalue weighted by molar-refractivity contribution is 5.98. The van der Waals surface area contributed by atoms with E-state index in [1.54, 1.807) is 64.1 Å². The molecule has 0 fully saturated rings. The summed E-state index contributed by atoms with van der Waals surface area (Å²) in [4.78, 5) is 48.3. The standard InChI is InChI=1S/C24H30O8/c1-5-29-21(25)19(22(26)30-6-2)14-12-17-10-9-11-18(16-17)13-15-20(23(27)31-7-3)24(28)32-8-4/h9-16,19-20H,5-8H2,1-4H3/b14-12+,15-13+.